The average Bonchev–Trinajstić information content (AvgIpc) is 2.32. The summed E-state index contributed by atoms with van der Waals surface area (Å²) in [4.78, 5) is 0. The Morgan fingerprint density at radius 3 is 2.59 bits per heavy atom. The van der Waals surface area contributed by atoms with Crippen LogP contribution >= 0.6 is 27.5 Å². The Labute approximate surface area is 114 Å². The minimum absolute atomic E-state index is 0.201. The van der Waals surface area contributed by atoms with E-state index in [1.54, 1.807) is 12.1 Å². The van der Waals surface area contributed by atoms with Gasteiger partial charge in [0.1, 0.15) is 5.82 Å². The lowest BCUT2D eigenvalue weighted by Crippen LogP contribution is -1.98. The Hall–Kier alpha value is -0.860. The Bertz CT molecular complexity index is 513. The zero-order valence-corrected chi connectivity index (χ0v) is 11.4. The molecule has 0 amide bonds. The second-order valence-corrected chi connectivity index (χ2v) is 5.26. The van der Waals surface area contributed by atoms with Crippen LogP contribution in [0, 0.1) is 5.82 Å². The molecule has 1 atom stereocenters. The zero-order valence-electron chi connectivity index (χ0n) is 9.04. The second kappa shape index (κ2) is 5.65. The standard InChI is InChI=1S/C14H11BrClF/c15-12-6-3-5-10(8-12)13(16)9-11-4-1-2-7-14(11)17/h1-8,13H,9H2. The molecule has 0 aliphatic heterocycles. The van der Waals surface area contributed by atoms with E-state index in [2.05, 4.69) is 15.9 Å². The van der Waals surface area contributed by atoms with Gasteiger partial charge >= 0.3 is 0 Å². The van der Waals surface area contributed by atoms with Crippen molar-refractivity contribution in [2.24, 2.45) is 0 Å². The molecule has 0 N–H and O–H groups in total. The summed E-state index contributed by atoms with van der Waals surface area (Å²) in [6.07, 6.45) is 0.491. The summed E-state index contributed by atoms with van der Waals surface area (Å²) in [7, 11) is 0. The van der Waals surface area contributed by atoms with Gasteiger partial charge in [-0.2, -0.15) is 0 Å². The van der Waals surface area contributed by atoms with Crippen molar-refractivity contribution >= 4 is 27.5 Å². The van der Waals surface area contributed by atoms with Crippen LogP contribution in [0.25, 0.3) is 0 Å². The van der Waals surface area contributed by atoms with Crippen LogP contribution in [0.3, 0.4) is 0 Å². The van der Waals surface area contributed by atoms with Gasteiger partial charge in [0.05, 0.1) is 5.38 Å². The van der Waals surface area contributed by atoms with Gasteiger partial charge in [-0.3, -0.25) is 0 Å². The molecule has 88 valence electrons. The zero-order chi connectivity index (χ0) is 12.3. The van der Waals surface area contributed by atoms with E-state index >= 15 is 0 Å². The molecule has 0 saturated carbocycles. The quantitative estimate of drug-likeness (QED) is 0.691. The van der Waals surface area contributed by atoms with Crippen molar-refractivity contribution in [2.75, 3.05) is 0 Å². The summed E-state index contributed by atoms with van der Waals surface area (Å²) in [5.74, 6) is -0.201. The Morgan fingerprint density at radius 1 is 1.12 bits per heavy atom. The number of hydrogen-bond acceptors (Lipinski definition) is 0. The summed E-state index contributed by atoms with van der Waals surface area (Å²) in [6, 6.07) is 14.5. The van der Waals surface area contributed by atoms with Crippen molar-refractivity contribution in [3.63, 3.8) is 0 Å². The molecule has 3 heteroatoms. The van der Waals surface area contributed by atoms with Gasteiger partial charge in [0.25, 0.3) is 0 Å². The summed E-state index contributed by atoms with van der Waals surface area (Å²) < 4.78 is 14.5. The minimum Gasteiger partial charge on any atom is -0.207 e. The molecule has 0 aromatic heterocycles. The van der Waals surface area contributed by atoms with E-state index in [-0.39, 0.29) is 11.2 Å². The van der Waals surface area contributed by atoms with Crippen LogP contribution < -0.4 is 0 Å². The molecule has 2 rings (SSSR count). The number of alkyl halides is 1. The highest BCUT2D eigenvalue weighted by molar-refractivity contribution is 9.10. The molecule has 0 fully saturated rings. The SMILES string of the molecule is Fc1ccccc1CC(Cl)c1cccc(Br)c1. The highest BCUT2D eigenvalue weighted by atomic mass is 79.9. The van der Waals surface area contributed by atoms with E-state index in [0.717, 1.165) is 10.0 Å². The van der Waals surface area contributed by atoms with Crippen LogP contribution in [0.4, 0.5) is 4.39 Å². The number of rotatable bonds is 3. The Kier molecular flexibility index (Phi) is 4.19. The summed E-state index contributed by atoms with van der Waals surface area (Å²) >= 11 is 9.69. The molecule has 17 heavy (non-hydrogen) atoms. The molecule has 0 spiro atoms. The van der Waals surface area contributed by atoms with Gasteiger partial charge in [0, 0.05) is 4.47 Å². The van der Waals surface area contributed by atoms with E-state index in [9.17, 15) is 4.39 Å². The first-order valence-corrected chi connectivity index (χ1v) is 6.52. The topological polar surface area (TPSA) is 0 Å². The lowest BCUT2D eigenvalue weighted by molar-refractivity contribution is 0.607. The van der Waals surface area contributed by atoms with Crippen LogP contribution in [0.15, 0.2) is 53.0 Å². The van der Waals surface area contributed by atoms with Crippen LogP contribution in [0.2, 0.25) is 0 Å². The summed E-state index contributed by atoms with van der Waals surface area (Å²) in [6.45, 7) is 0. The first kappa shape index (κ1) is 12.6. The third-order valence-electron chi connectivity index (χ3n) is 2.57. The molecule has 0 heterocycles. The molecule has 2 aromatic carbocycles. The van der Waals surface area contributed by atoms with E-state index in [1.165, 1.54) is 6.07 Å². The maximum atomic E-state index is 13.5. The normalized spacial score (nSPS) is 12.4. The van der Waals surface area contributed by atoms with Crippen molar-refractivity contribution in [3.8, 4) is 0 Å². The van der Waals surface area contributed by atoms with Gasteiger partial charge < -0.3 is 0 Å². The van der Waals surface area contributed by atoms with Gasteiger partial charge in [-0.1, -0.05) is 46.3 Å². The Morgan fingerprint density at radius 2 is 1.88 bits per heavy atom. The second-order valence-electron chi connectivity index (χ2n) is 3.82. The van der Waals surface area contributed by atoms with Gasteiger partial charge in [-0.25, -0.2) is 4.39 Å². The van der Waals surface area contributed by atoms with E-state index in [0.29, 0.717) is 12.0 Å². The van der Waals surface area contributed by atoms with Crippen molar-refractivity contribution in [3.05, 3.63) is 69.9 Å². The fourth-order valence-corrected chi connectivity index (χ4v) is 2.40. The van der Waals surface area contributed by atoms with Crippen LogP contribution in [0.5, 0.6) is 0 Å². The first-order chi connectivity index (χ1) is 8.16. The van der Waals surface area contributed by atoms with Gasteiger partial charge in [-0.05, 0) is 35.7 Å². The molecule has 0 bridgehead atoms. The molecule has 0 aliphatic rings. The molecule has 0 saturated heterocycles. The van der Waals surface area contributed by atoms with Gasteiger partial charge in [0.15, 0.2) is 0 Å². The Balaban J connectivity index is 2.17. The maximum absolute atomic E-state index is 13.5. The fraction of sp³-hybridized carbons (Fsp3) is 0.143. The monoisotopic (exact) mass is 312 g/mol. The van der Waals surface area contributed by atoms with Gasteiger partial charge in [0.2, 0.25) is 0 Å². The molecule has 2 aromatic rings. The van der Waals surface area contributed by atoms with Crippen molar-refractivity contribution in [1.82, 2.24) is 0 Å². The lowest BCUT2D eigenvalue weighted by Gasteiger charge is -2.11. The smallest absolute Gasteiger partial charge is 0.126 e. The molecule has 1 unspecified atom stereocenters. The van der Waals surface area contributed by atoms with Crippen molar-refractivity contribution in [1.29, 1.82) is 0 Å². The third-order valence-corrected chi connectivity index (χ3v) is 3.47. The molecular weight excluding hydrogens is 303 g/mol. The maximum Gasteiger partial charge on any atom is 0.126 e. The number of hydrogen-bond donors (Lipinski definition) is 0. The summed E-state index contributed by atoms with van der Waals surface area (Å²) in [5, 5.41) is -0.218. The average molecular weight is 314 g/mol. The van der Waals surface area contributed by atoms with Crippen LogP contribution in [-0.2, 0) is 6.42 Å². The largest absolute Gasteiger partial charge is 0.207 e. The van der Waals surface area contributed by atoms with E-state index in [4.69, 9.17) is 11.6 Å². The summed E-state index contributed by atoms with van der Waals surface area (Å²) in [5.41, 5.74) is 1.64. The highest BCUT2D eigenvalue weighted by Gasteiger charge is 2.11. The fourth-order valence-electron chi connectivity index (χ4n) is 1.68. The van der Waals surface area contributed by atoms with E-state index < -0.39 is 0 Å². The van der Waals surface area contributed by atoms with Gasteiger partial charge in [-0.15, -0.1) is 11.6 Å². The molecular formula is C14H11BrClF. The van der Waals surface area contributed by atoms with E-state index in [1.807, 2.05) is 30.3 Å². The first-order valence-electron chi connectivity index (χ1n) is 5.30. The minimum atomic E-state index is -0.218. The predicted octanol–water partition coefficient (Wildman–Crippen LogP) is 5.11. The molecule has 0 radical (unpaired) electrons. The van der Waals surface area contributed by atoms with Crippen LogP contribution in [-0.4, -0.2) is 0 Å². The highest BCUT2D eigenvalue weighted by Crippen LogP contribution is 2.27. The molecule has 0 aliphatic carbocycles. The number of halogens is 3. The van der Waals surface area contributed by atoms with Crippen molar-refractivity contribution in [2.45, 2.75) is 11.8 Å². The lowest BCUT2D eigenvalue weighted by atomic mass is 10.0. The predicted molar refractivity (Wildman–Crippen MR) is 72.8 cm³/mol. The third kappa shape index (κ3) is 3.30. The number of benzene rings is 2. The molecule has 0 nitrogen and oxygen atoms in total. The van der Waals surface area contributed by atoms with Crippen molar-refractivity contribution < 1.29 is 4.39 Å². The van der Waals surface area contributed by atoms with Crippen LogP contribution in [0.1, 0.15) is 16.5 Å².